The molecular formula is C24H21N3O5S. The van der Waals surface area contributed by atoms with Gasteiger partial charge in [0.2, 0.25) is 20.9 Å². The second kappa shape index (κ2) is 9.25. The zero-order valence-corrected chi connectivity index (χ0v) is 18.6. The van der Waals surface area contributed by atoms with Gasteiger partial charge in [-0.25, -0.2) is 18.2 Å². The van der Waals surface area contributed by atoms with Gasteiger partial charge in [0.25, 0.3) is 0 Å². The van der Waals surface area contributed by atoms with Crippen LogP contribution in [0.3, 0.4) is 0 Å². The minimum Gasteiger partial charge on any atom is -0.465 e. The predicted molar refractivity (Wildman–Crippen MR) is 123 cm³/mol. The normalized spacial score (nSPS) is 11.3. The molecule has 8 nitrogen and oxygen atoms in total. The third kappa shape index (κ3) is 4.78. The average Bonchev–Trinajstić information content (AvgIpc) is 3.18. The number of rotatable bonds is 7. The van der Waals surface area contributed by atoms with Gasteiger partial charge < -0.3 is 14.6 Å². The zero-order valence-electron chi connectivity index (χ0n) is 17.8. The topological polar surface area (TPSA) is 107 Å². The minimum atomic E-state index is -3.85. The summed E-state index contributed by atoms with van der Waals surface area (Å²) in [5, 5.41) is 2.48. The second-order valence-corrected chi connectivity index (χ2v) is 9.18. The number of sulfone groups is 1. The van der Waals surface area contributed by atoms with Gasteiger partial charge in [-0.15, -0.1) is 0 Å². The molecule has 0 aliphatic heterocycles. The van der Waals surface area contributed by atoms with E-state index in [1.165, 1.54) is 17.7 Å². The molecule has 0 aliphatic rings. The third-order valence-corrected chi connectivity index (χ3v) is 6.59. The van der Waals surface area contributed by atoms with E-state index in [2.05, 4.69) is 10.3 Å². The number of methoxy groups -OCH3 is 1. The Morgan fingerprint density at radius 2 is 1.61 bits per heavy atom. The smallest absolute Gasteiger partial charge is 0.339 e. The number of aromatic nitrogens is 2. The van der Waals surface area contributed by atoms with Gasteiger partial charge in [-0.2, -0.15) is 0 Å². The lowest BCUT2D eigenvalue weighted by atomic mass is 10.2. The third-order valence-electron chi connectivity index (χ3n) is 5.01. The van der Waals surface area contributed by atoms with Gasteiger partial charge in [-0.3, -0.25) is 4.79 Å². The maximum absolute atomic E-state index is 13.2. The van der Waals surface area contributed by atoms with E-state index >= 15 is 0 Å². The minimum absolute atomic E-state index is 0.191. The summed E-state index contributed by atoms with van der Waals surface area (Å²) in [5.74, 6) is -1.35. The number of nitrogens with zero attached hydrogens (tertiary/aromatic N) is 2. The number of anilines is 1. The van der Waals surface area contributed by atoms with Crippen LogP contribution in [0, 0.1) is 0 Å². The molecule has 0 aliphatic carbocycles. The van der Waals surface area contributed by atoms with Gasteiger partial charge in [0, 0.05) is 0 Å². The number of carbonyl (C=O) groups is 2. The number of amides is 1. The lowest BCUT2D eigenvalue weighted by Gasteiger charge is -2.12. The van der Waals surface area contributed by atoms with Crippen molar-refractivity contribution in [2.75, 3.05) is 12.4 Å². The van der Waals surface area contributed by atoms with Crippen LogP contribution in [-0.4, -0.2) is 37.0 Å². The maximum Gasteiger partial charge on any atom is 0.339 e. The highest BCUT2D eigenvalue weighted by molar-refractivity contribution is 7.90. The Balaban J connectivity index is 1.68. The van der Waals surface area contributed by atoms with Crippen LogP contribution in [0.4, 0.5) is 5.69 Å². The predicted octanol–water partition coefficient (Wildman–Crippen LogP) is 3.44. The van der Waals surface area contributed by atoms with Crippen LogP contribution in [0.15, 0.2) is 84.0 Å². The molecule has 0 spiro atoms. The van der Waals surface area contributed by atoms with Crippen molar-refractivity contribution in [2.24, 2.45) is 0 Å². The fourth-order valence-electron chi connectivity index (χ4n) is 3.52. The molecule has 1 N–H and O–H groups in total. The van der Waals surface area contributed by atoms with E-state index in [0.717, 1.165) is 0 Å². The summed E-state index contributed by atoms with van der Waals surface area (Å²) in [5.41, 5.74) is 2.06. The van der Waals surface area contributed by atoms with Gasteiger partial charge in [0.1, 0.15) is 6.54 Å². The summed E-state index contributed by atoms with van der Waals surface area (Å²) in [4.78, 5) is 29.2. The number of fused-ring (bicyclic) bond motifs is 1. The average molecular weight is 464 g/mol. The maximum atomic E-state index is 13.2. The molecule has 9 heteroatoms. The molecule has 33 heavy (non-hydrogen) atoms. The Morgan fingerprint density at radius 3 is 2.36 bits per heavy atom. The lowest BCUT2D eigenvalue weighted by molar-refractivity contribution is -0.116. The van der Waals surface area contributed by atoms with Crippen LogP contribution in [0.1, 0.15) is 15.9 Å². The first-order chi connectivity index (χ1) is 15.9. The molecule has 0 fully saturated rings. The molecule has 3 aromatic carbocycles. The fourth-order valence-corrected chi connectivity index (χ4v) is 5.01. The van der Waals surface area contributed by atoms with Crippen LogP contribution in [-0.2, 0) is 31.7 Å². The van der Waals surface area contributed by atoms with Crippen LogP contribution >= 0.6 is 0 Å². The first kappa shape index (κ1) is 22.2. The second-order valence-electron chi connectivity index (χ2n) is 7.30. The summed E-state index contributed by atoms with van der Waals surface area (Å²) in [7, 11) is -2.60. The molecule has 1 amide bonds. The SMILES string of the molecule is COC(=O)c1ccccc1NC(=O)Cn1c(S(=O)(=O)Cc2ccccc2)nc2ccccc21. The lowest BCUT2D eigenvalue weighted by Crippen LogP contribution is -2.23. The highest BCUT2D eigenvalue weighted by Crippen LogP contribution is 2.23. The van der Waals surface area contributed by atoms with Crippen molar-refractivity contribution in [2.45, 2.75) is 17.5 Å². The molecule has 168 valence electrons. The molecule has 0 saturated heterocycles. The van der Waals surface area contributed by atoms with Crippen LogP contribution in [0.5, 0.6) is 0 Å². The quantitative estimate of drug-likeness (QED) is 0.421. The number of para-hydroxylation sites is 3. The van der Waals surface area contributed by atoms with Crippen molar-refractivity contribution in [3.63, 3.8) is 0 Å². The Bertz CT molecular complexity index is 1430. The molecule has 0 atom stereocenters. The number of hydrogen-bond acceptors (Lipinski definition) is 6. The van der Waals surface area contributed by atoms with E-state index in [4.69, 9.17) is 4.74 Å². The standard InChI is InChI=1S/C24H21N3O5S/c1-32-23(29)18-11-5-6-12-19(18)25-22(28)15-27-21-14-8-7-13-20(21)26-24(27)33(30,31)16-17-9-3-2-4-10-17/h2-14H,15-16H2,1H3,(H,25,28). The van der Waals surface area contributed by atoms with Gasteiger partial charge in [-0.05, 0) is 29.8 Å². The number of imidazole rings is 1. The summed E-state index contributed by atoms with van der Waals surface area (Å²) >= 11 is 0. The summed E-state index contributed by atoms with van der Waals surface area (Å²) in [6.45, 7) is -0.306. The Hall–Kier alpha value is -3.98. The fraction of sp³-hybridized carbons (Fsp3) is 0.125. The van der Waals surface area contributed by atoms with Crippen LogP contribution in [0.2, 0.25) is 0 Å². The summed E-state index contributed by atoms with van der Waals surface area (Å²) < 4.78 is 32.6. The number of hydrogen-bond donors (Lipinski definition) is 1. The number of ether oxygens (including phenoxy) is 1. The van der Waals surface area contributed by atoms with E-state index in [9.17, 15) is 18.0 Å². The van der Waals surface area contributed by atoms with Crippen molar-refractivity contribution in [3.05, 3.63) is 90.0 Å². The number of benzene rings is 3. The molecule has 1 aromatic heterocycles. The molecule has 0 saturated carbocycles. The van der Waals surface area contributed by atoms with Gasteiger partial charge in [0.15, 0.2) is 0 Å². The monoisotopic (exact) mass is 463 g/mol. The van der Waals surface area contributed by atoms with Crippen molar-refractivity contribution in [1.82, 2.24) is 9.55 Å². The van der Waals surface area contributed by atoms with Crippen molar-refractivity contribution < 1.29 is 22.7 Å². The van der Waals surface area contributed by atoms with Crippen LogP contribution in [0.25, 0.3) is 11.0 Å². The van der Waals surface area contributed by atoms with E-state index in [1.54, 1.807) is 66.7 Å². The zero-order chi connectivity index (χ0) is 23.4. The molecule has 0 radical (unpaired) electrons. The molecule has 4 rings (SSSR count). The molecular weight excluding hydrogens is 442 g/mol. The van der Waals surface area contributed by atoms with Crippen molar-refractivity contribution in [3.8, 4) is 0 Å². The van der Waals surface area contributed by atoms with E-state index in [1.807, 2.05) is 6.07 Å². The summed E-state index contributed by atoms with van der Waals surface area (Å²) in [6, 6.07) is 22.1. The van der Waals surface area contributed by atoms with Crippen molar-refractivity contribution >= 4 is 38.4 Å². The number of esters is 1. The molecule has 4 aromatic rings. The van der Waals surface area contributed by atoms with Gasteiger partial charge in [0.05, 0.1) is 35.1 Å². The Kier molecular flexibility index (Phi) is 6.23. The van der Waals surface area contributed by atoms with E-state index in [-0.39, 0.29) is 28.7 Å². The molecule has 0 unspecified atom stereocenters. The number of carbonyl (C=O) groups excluding carboxylic acids is 2. The van der Waals surface area contributed by atoms with E-state index in [0.29, 0.717) is 16.6 Å². The van der Waals surface area contributed by atoms with Gasteiger partial charge in [-0.1, -0.05) is 54.6 Å². The first-order valence-corrected chi connectivity index (χ1v) is 11.7. The highest BCUT2D eigenvalue weighted by atomic mass is 32.2. The first-order valence-electron chi connectivity index (χ1n) is 10.1. The largest absolute Gasteiger partial charge is 0.465 e. The van der Waals surface area contributed by atoms with Crippen LogP contribution < -0.4 is 5.32 Å². The van der Waals surface area contributed by atoms with E-state index < -0.39 is 21.7 Å². The Morgan fingerprint density at radius 1 is 0.939 bits per heavy atom. The summed E-state index contributed by atoms with van der Waals surface area (Å²) in [6.07, 6.45) is 0. The molecule has 0 bridgehead atoms. The highest BCUT2D eigenvalue weighted by Gasteiger charge is 2.26. The van der Waals surface area contributed by atoms with Gasteiger partial charge >= 0.3 is 5.97 Å². The Labute approximate surface area is 190 Å². The molecule has 1 heterocycles. The number of nitrogens with one attached hydrogen (secondary N) is 1. The van der Waals surface area contributed by atoms with Crippen molar-refractivity contribution in [1.29, 1.82) is 0 Å².